The van der Waals surface area contributed by atoms with Crippen LogP contribution in [0.25, 0.3) is 15.8 Å². The van der Waals surface area contributed by atoms with Gasteiger partial charge in [0.05, 0.1) is 5.03 Å². The summed E-state index contributed by atoms with van der Waals surface area (Å²) in [6.45, 7) is 6.34. The molecular formula is C20H17NS. The molecule has 1 aliphatic heterocycles. The molecule has 1 aliphatic rings. The Morgan fingerprint density at radius 3 is 2.55 bits per heavy atom. The number of aromatic nitrogens is 1. The van der Waals surface area contributed by atoms with E-state index in [4.69, 9.17) is 0 Å². The molecule has 0 bridgehead atoms. The molecule has 1 nitrogen and oxygen atoms in total. The van der Waals surface area contributed by atoms with Crippen molar-refractivity contribution < 1.29 is 0 Å². The van der Waals surface area contributed by atoms with Crippen LogP contribution in [0.4, 0.5) is 0 Å². The molecule has 1 atom stereocenters. The third-order valence-electron chi connectivity index (χ3n) is 4.14. The second-order valence-corrected chi connectivity index (χ2v) is 6.79. The fourth-order valence-electron chi connectivity index (χ4n) is 3.05. The summed E-state index contributed by atoms with van der Waals surface area (Å²) in [6.07, 6.45) is 2.35. The van der Waals surface area contributed by atoms with Gasteiger partial charge in [-0.05, 0) is 18.6 Å². The van der Waals surface area contributed by atoms with Crippen molar-refractivity contribution in [3.05, 3.63) is 84.0 Å². The highest BCUT2D eigenvalue weighted by molar-refractivity contribution is 8.08. The number of rotatable bonds is 2. The fourth-order valence-corrected chi connectivity index (χ4v) is 4.24. The lowest BCUT2D eigenvalue weighted by Crippen LogP contribution is -2.02. The number of fused-ring (bicyclic) bond motifs is 3. The second kappa shape index (κ2) is 5.22. The van der Waals surface area contributed by atoms with E-state index in [1.54, 1.807) is 0 Å². The molecule has 0 amide bonds. The Balaban J connectivity index is 1.91. The van der Waals surface area contributed by atoms with Crippen LogP contribution < -0.4 is 0 Å². The minimum absolute atomic E-state index is 0.266. The number of hydrogen-bond donors (Lipinski definition) is 1. The summed E-state index contributed by atoms with van der Waals surface area (Å²) >= 11 is 1.82. The zero-order valence-electron chi connectivity index (χ0n) is 12.5. The van der Waals surface area contributed by atoms with Crippen molar-refractivity contribution >= 4 is 27.6 Å². The van der Waals surface area contributed by atoms with Crippen molar-refractivity contribution in [3.63, 3.8) is 0 Å². The maximum atomic E-state index is 4.22. The number of thioether (sulfide) groups is 1. The van der Waals surface area contributed by atoms with Crippen molar-refractivity contribution in [2.75, 3.05) is 0 Å². The molecule has 2 heteroatoms. The van der Waals surface area contributed by atoms with E-state index >= 15 is 0 Å². The van der Waals surface area contributed by atoms with Crippen LogP contribution in [0.1, 0.15) is 24.0 Å². The molecular weight excluding hydrogens is 286 g/mol. The summed E-state index contributed by atoms with van der Waals surface area (Å²) in [7, 11) is 0. The molecule has 0 spiro atoms. The summed E-state index contributed by atoms with van der Waals surface area (Å²) in [5.41, 5.74) is 5.02. The Morgan fingerprint density at radius 1 is 1.05 bits per heavy atom. The number of aromatic amines is 1. The summed E-state index contributed by atoms with van der Waals surface area (Å²) in [4.78, 5) is 4.88. The molecule has 0 radical (unpaired) electrons. The van der Waals surface area contributed by atoms with Gasteiger partial charge in [0.25, 0.3) is 0 Å². The van der Waals surface area contributed by atoms with Crippen molar-refractivity contribution in [3.8, 4) is 0 Å². The molecule has 2 aromatic carbocycles. The van der Waals surface area contributed by atoms with E-state index in [-0.39, 0.29) is 5.92 Å². The Kier molecular flexibility index (Phi) is 3.20. The van der Waals surface area contributed by atoms with Crippen molar-refractivity contribution in [2.24, 2.45) is 0 Å². The molecule has 0 saturated carbocycles. The van der Waals surface area contributed by atoms with Gasteiger partial charge in [-0.3, -0.25) is 0 Å². The first-order chi connectivity index (χ1) is 10.7. The molecule has 22 heavy (non-hydrogen) atoms. The number of benzene rings is 2. The molecule has 108 valence electrons. The van der Waals surface area contributed by atoms with Gasteiger partial charge in [0.15, 0.2) is 0 Å². The molecule has 4 rings (SSSR count). The molecule has 0 aliphatic carbocycles. The maximum absolute atomic E-state index is 4.22. The van der Waals surface area contributed by atoms with Gasteiger partial charge in [-0.2, -0.15) is 0 Å². The van der Waals surface area contributed by atoms with E-state index in [1.165, 1.54) is 37.5 Å². The minimum Gasteiger partial charge on any atom is -0.349 e. The van der Waals surface area contributed by atoms with Gasteiger partial charge in [0.1, 0.15) is 0 Å². The first-order valence-electron chi connectivity index (χ1n) is 7.45. The topological polar surface area (TPSA) is 15.8 Å². The number of para-hydroxylation sites is 1. The van der Waals surface area contributed by atoms with Crippen molar-refractivity contribution in [1.82, 2.24) is 4.98 Å². The largest absolute Gasteiger partial charge is 0.349 e. The highest BCUT2D eigenvalue weighted by Gasteiger charge is 2.26. The Morgan fingerprint density at radius 2 is 1.77 bits per heavy atom. The van der Waals surface area contributed by atoms with Crippen LogP contribution in [0.2, 0.25) is 0 Å². The lowest BCUT2D eigenvalue weighted by Gasteiger charge is -2.22. The van der Waals surface area contributed by atoms with Crippen molar-refractivity contribution in [1.29, 1.82) is 0 Å². The van der Waals surface area contributed by atoms with Crippen molar-refractivity contribution in [2.45, 2.75) is 17.9 Å². The van der Waals surface area contributed by atoms with Crippen LogP contribution in [-0.4, -0.2) is 4.98 Å². The summed E-state index contributed by atoms with van der Waals surface area (Å²) in [5, 5.41) is 2.55. The number of H-pyrrole nitrogens is 1. The molecule has 1 aromatic heterocycles. The Labute approximate surface area is 134 Å². The van der Waals surface area contributed by atoms with Crippen LogP contribution in [-0.2, 0) is 0 Å². The van der Waals surface area contributed by atoms with Gasteiger partial charge < -0.3 is 4.98 Å². The summed E-state index contributed by atoms with van der Waals surface area (Å²) in [5.74, 6) is 0.266. The highest BCUT2D eigenvalue weighted by atomic mass is 32.2. The lowest BCUT2D eigenvalue weighted by atomic mass is 9.91. The van der Waals surface area contributed by atoms with E-state index in [2.05, 4.69) is 79.2 Å². The zero-order chi connectivity index (χ0) is 15.1. The van der Waals surface area contributed by atoms with Crippen LogP contribution >= 0.6 is 11.8 Å². The predicted molar refractivity (Wildman–Crippen MR) is 96.1 cm³/mol. The number of allylic oxidation sites excluding steroid dienone is 2. The van der Waals surface area contributed by atoms with Crippen LogP contribution in [0.15, 0.2) is 77.9 Å². The summed E-state index contributed by atoms with van der Waals surface area (Å²) < 4.78 is 0. The van der Waals surface area contributed by atoms with E-state index in [0.717, 1.165) is 0 Å². The minimum atomic E-state index is 0.266. The predicted octanol–water partition coefficient (Wildman–Crippen LogP) is 5.97. The average molecular weight is 303 g/mol. The first kappa shape index (κ1) is 13.5. The third kappa shape index (κ3) is 2.11. The van der Waals surface area contributed by atoms with Gasteiger partial charge >= 0.3 is 0 Å². The smallest absolute Gasteiger partial charge is 0.0823 e. The van der Waals surface area contributed by atoms with Gasteiger partial charge in [-0.1, -0.05) is 78.5 Å². The quantitative estimate of drug-likeness (QED) is 0.576. The van der Waals surface area contributed by atoms with Gasteiger partial charge in [-0.15, -0.1) is 0 Å². The second-order valence-electron chi connectivity index (χ2n) is 5.74. The molecule has 2 heterocycles. The van der Waals surface area contributed by atoms with Crippen LogP contribution in [0, 0.1) is 0 Å². The van der Waals surface area contributed by atoms with E-state index < -0.39 is 0 Å². The average Bonchev–Trinajstić information content (AvgIpc) is 2.93. The van der Waals surface area contributed by atoms with E-state index in [1.807, 2.05) is 11.8 Å². The van der Waals surface area contributed by atoms with Crippen LogP contribution in [0.3, 0.4) is 0 Å². The highest BCUT2D eigenvalue weighted by Crippen LogP contribution is 2.49. The van der Waals surface area contributed by atoms with Gasteiger partial charge in [-0.25, -0.2) is 0 Å². The normalized spacial score (nSPS) is 17.1. The molecule has 0 fully saturated rings. The number of hydrogen-bond acceptors (Lipinski definition) is 1. The van der Waals surface area contributed by atoms with Gasteiger partial charge in [0.2, 0.25) is 0 Å². The molecule has 0 saturated heterocycles. The first-order valence-corrected chi connectivity index (χ1v) is 8.27. The third-order valence-corrected chi connectivity index (χ3v) is 5.26. The molecule has 1 N–H and O–H groups in total. The monoisotopic (exact) mass is 303 g/mol. The fraction of sp³-hybridized carbons (Fsp3) is 0.100. The SMILES string of the molecule is C=C(C)C1C=C(c2ccccc2)Sc2[nH]c3ccccc3c21. The Hall–Kier alpha value is -2.19. The Bertz CT molecular complexity index is 886. The zero-order valence-corrected chi connectivity index (χ0v) is 13.3. The number of nitrogens with one attached hydrogen (secondary N) is 1. The summed E-state index contributed by atoms with van der Waals surface area (Å²) in [6, 6.07) is 19.1. The van der Waals surface area contributed by atoms with E-state index in [9.17, 15) is 0 Å². The lowest BCUT2D eigenvalue weighted by molar-refractivity contribution is 0.958. The molecule has 3 aromatic rings. The molecule has 1 unspecified atom stereocenters. The van der Waals surface area contributed by atoms with Gasteiger partial charge in [0, 0.05) is 27.3 Å². The standard InChI is InChI=1S/C20H17NS/c1-13(2)16-12-18(14-8-4-3-5-9-14)22-20-19(16)15-10-6-7-11-17(15)21-20/h3-12,16,21H,1H2,2H3. The van der Waals surface area contributed by atoms with Crippen LogP contribution in [0.5, 0.6) is 0 Å². The maximum Gasteiger partial charge on any atom is 0.0823 e. The van der Waals surface area contributed by atoms with E-state index in [0.29, 0.717) is 0 Å².